The van der Waals surface area contributed by atoms with Gasteiger partial charge in [-0.2, -0.15) is 0 Å². The Morgan fingerprint density at radius 3 is 2.37 bits per heavy atom. The number of sulfonamides is 1. The maximum absolute atomic E-state index is 13.3. The van der Waals surface area contributed by atoms with Crippen molar-refractivity contribution in [3.63, 3.8) is 0 Å². The smallest absolute Gasteiger partial charge is 0.293 e. The summed E-state index contributed by atoms with van der Waals surface area (Å²) in [4.78, 5) is 30.2. The van der Waals surface area contributed by atoms with Crippen molar-refractivity contribution in [1.82, 2.24) is 9.62 Å². The first-order chi connectivity index (χ1) is 26.2. The van der Waals surface area contributed by atoms with Crippen LogP contribution in [0.15, 0.2) is 131 Å². The minimum atomic E-state index is -4.39. The van der Waals surface area contributed by atoms with Gasteiger partial charge in [-0.1, -0.05) is 72.8 Å². The van der Waals surface area contributed by atoms with Crippen molar-refractivity contribution in [2.45, 2.75) is 48.1 Å². The fraction of sp³-hybridized carbons (Fsp3) is 0.262. The highest BCUT2D eigenvalue weighted by atomic mass is 32.2. The van der Waals surface area contributed by atoms with E-state index < -0.39 is 20.9 Å². The summed E-state index contributed by atoms with van der Waals surface area (Å²) in [7, 11) is -4.39. The van der Waals surface area contributed by atoms with Crippen molar-refractivity contribution < 1.29 is 18.1 Å². The second kappa shape index (κ2) is 16.9. The summed E-state index contributed by atoms with van der Waals surface area (Å²) < 4.78 is 28.7. The van der Waals surface area contributed by atoms with Crippen LogP contribution in [0.5, 0.6) is 0 Å². The maximum atomic E-state index is 13.3. The van der Waals surface area contributed by atoms with Gasteiger partial charge < -0.3 is 10.2 Å². The number of thioether (sulfide) groups is 1. The summed E-state index contributed by atoms with van der Waals surface area (Å²) in [5.74, 6) is -0.127. The zero-order valence-corrected chi connectivity index (χ0v) is 31.5. The van der Waals surface area contributed by atoms with Crippen LogP contribution in [-0.4, -0.2) is 62.1 Å². The van der Waals surface area contributed by atoms with Crippen molar-refractivity contribution >= 4 is 44.8 Å². The molecule has 278 valence electrons. The average molecular weight is 762 g/mol. The molecule has 12 heteroatoms. The normalized spacial score (nSPS) is 15.6. The third-order valence-corrected chi connectivity index (χ3v) is 12.5. The summed E-state index contributed by atoms with van der Waals surface area (Å²) in [6, 6.07) is 38.4. The van der Waals surface area contributed by atoms with Gasteiger partial charge in [0.25, 0.3) is 21.6 Å². The van der Waals surface area contributed by atoms with Crippen LogP contribution in [0.1, 0.15) is 39.0 Å². The standard InChI is InChI=1S/C42H43N5O5S2/c48-42(44-54(51,52)38-20-21-39(41(28-38)47(49)50)43-23-26-53-37-13-5-2-6-14-37)34-18-22-40-33(27-34)17-19-36-30-45(24-25-46(36)40)29-35-12-8-7-11-32(35)16-15-31-9-3-1-4-10-31/h1-14,18,20-22,27-28,36,43H,15-17,19,23-26,29-30H2,(H,44,48)/t36-/m0/s1. The van der Waals surface area contributed by atoms with Gasteiger partial charge in [-0.3, -0.25) is 19.8 Å². The molecule has 1 atom stereocenters. The molecule has 0 unspecified atom stereocenters. The first-order valence-electron chi connectivity index (χ1n) is 18.2. The van der Waals surface area contributed by atoms with E-state index in [-0.39, 0.29) is 21.8 Å². The number of anilines is 2. The number of hydrogen-bond donors (Lipinski definition) is 2. The van der Waals surface area contributed by atoms with Crippen LogP contribution < -0.4 is 14.9 Å². The Bertz CT molecular complexity index is 2220. The molecule has 0 bridgehead atoms. The van der Waals surface area contributed by atoms with Gasteiger partial charge in [0.2, 0.25) is 0 Å². The van der Waals surface area contributed by atoms with Gasteiger partial charge in [0, 0.05) is 66.7 Å². The molecule has 2 aliphatic heterocycles. The summed E-state index contributed by atoms with van der Waals surface area (Å²) in [5, 5.41) is 14.9. The molecule has 2 aliphatic rings. The Morgan fingerprint density at radius 1 is 0.852 bits per heavy atom. The second-order valence-corrected chi connectivity index (χ2v) is 16.5. The monoisotopic (exact) mass is 761 g/mol. The van der Waals surface area contributed by atoms with E-state index in [1.165, 1.54) is 28.8 Å². The van der Waals surface area contributed by atoms with Crippen molar-refractivity contribution in [2.75, 3.05) is 42.1 Å². The van der Waals surface area contributed by atoms with Gasteiger partial charge in [0.1, 0.15) is 5.69 Å². The topological polar surface area (TPSA) is 125 Å². The van der Waals surface area contributed by atoms with Crippen LogP contribution in [-0.2, 0) is 35.8 Å². The number of carbonyl (C=O) groups is 1. The highest BCUT2D eigenvalue weighted by Gasteiger charge is 2.32. The van der Waals surface area contributed by atoms with Gasteiger partial charge >= 0.3 is 0 Å². The molecule has 5 aromatic rings. The van der Waals surface area contributed by atoms with Crippen LogP contribution in [0, 0.1) is 10.1 Å². The zero-order valence-electron chi connectivity index (χ0n) is 29.9. The number of carbonyl (C=O) groups excluding carboxylic acids is 1. The highest BCUT2D eigenvalue weighted by Crippen LogP contribution is 2.34. The second-order valence-electron chi connectivity index (χ2n) is 13.7. The summed E-state index contributed by atoms with van der Waals surface area (Å²) >= 11 is 1.60. The molecular formula is C42H43N5O5S2. The van der Waals surface area contributed by atoms with Crippen molar-refractivity contribution in [1.29, 1.82) is 0 Å². The summed E-state index contributed by atoms with van der Waals surface area (Å²) in [6.07, 6.45) is 3.72. The van der Waals surface area contributed by atoms with E-state index in [4.69, 9.17) is 0 Å². The molecule has 0 aliphatic carbocycles. The minimum Gasteiger partial charge on any atom is -0.379 e. The molecule has 0 saturated carbocycles. The van der Waals surface area contributed by atoms with Crippen LogP contribution in [0.2, 0.25) is 0 Å². The number of rotatable bonds is 14. The molecule has 1 saturated heterocycles. The first-order valence-corrected chi connectivity index (χ1v) is 20.7. The molecule has 7 rings (SSSR count). The van der Waals surface area contributed by atoms with Crippen LogP contribution in [0.4, 0.5) is 17.1 Å². The van der Waals surface area contributed by atoms with Crippen LogP contribution >= 0.6 is 11.8 Å². The van der Waals surface area contributed by atoms with E-state index in [9.17, 15) is 23.3 Å². The first kappa shape index (κ1) is 37.2. The number of nitrogens with zero attached hydrogens (tertiary/aromatic N) is 3. The SMILES string of the molecule is O=C(NS(=O)(=O)c1ccc(NCCSc2ccccc2)c([N+](=O)[O-])c1)c1ccc2c(c1)CC[C@H]1CN(Cc3ccccc3CCc3ccccc3)CCN21. The van der Waals surface area contributed by atoms with Gasteiger partial charge in [-0.15, -0.1) is 11.8 Å². The highest BCUT2D eigenvalue weighted by molar-refractivity contribution is 7.99. The Balaban J connectivity index is 0.956. The van der Waals surface area contributed by atoms with E-state index in [0.29, 0.717) is 18.3 Å². The number of nitrogens with one attached hydrogen (secondary N) is 2. The van der Waals surface area contributed by atoms with Crippen molar-refractivity contribution in [3.05, 3.63) is 159 Å². The molecule has 0 aromatic heterocycles. The molecule has 1 amide bonds. The molecule has 2 N–H and O–H groups in total. The number of amides is 1. The number of hydrogen-bond acceptors (Lipinski definition) is 9. The lowest BCUT2D eigenvalue weighted by molar-refractivity contribution is -0.384. The van der Waals surface area contributed by atoms with E-state index in [2.05, 4.69) is 74.4 Å². The van der Waals surface area contributed by atoms with E-state index >= 15 is 0 Å². The van der Waals surface area contributed by atoms with Crippen LogP contribution in [0.25, 0.3) is 0 Å². The van der Waals surface area contributed by atoms with Crippen LogP contribution in [0.3, 0.4) is 0 Å². The largest absolute Gasteiger partial charge is 0.379 e. The number of benzene rings is 5. The molecule has 1 fully saturated rings. The molecule has 5 aromatic carbocycles. The minimum absolute atomic E-state index is 0.205. The third kappa shape index (κ3) is 8.95. The Labute approximate surface area is 320 Å². The number of nitro benzene ring substituents is 1. The molecule has 0 radical (unpaired) electrons. The Kier molecular flexibility index (Phi) is 11.6. The molecule has 10 nitrogen and oxygen atoms in total. The van der Waals surface area contributed by atoms with Gasteiger partial charge in [-0.05, 0) is 90.4 Å². The van der Waals surface area contributed by atoms with Gasteiger partial charge in [0.15, 0.2) is 0 Å². The Hall–Kier alpha value is -5.17. The third-order valence-electron chi connectivity index (χ3n) is 10.1. The van der Waals surface area contributed by atoms with Crippen molar-refractivity contribution in [2.24, 2.45) is 0 Å². The Morgan fingerprint density at radius 2 is 1.59 bits per heavy atom. The number of nitro groups is 1. The van der Waals surface area contributed by atoms with E-state index in [1.54, 1.807) is 23.9 Å². The summed E-state index contributed by atoms with van der Waals surface area (Å²) in [6.45, 7) is 4.06. The lowest BCUT2D eigenvalue weighted by Crippen LogP contribution is -2.54. The number of fused-ring (bicyclic) bond motifs is 3. The predicted octanol–water partition coefficient (Wildman–Crippen LogP) is 7.34. The predicted molar refractivity (Wildman–Crippen MR) is 215 cm³/mol. The van der Waals surface area contributed by atoms with Gasteiger partial charge in [-0.25, -0.2) is 13.1 Å². The fourth-order valence-electron chi connectivity index (χ4n) is 7.37. The lowest BCUT2D eigenvalue weighted by atomic mass is 9.92. The molecular weight excluding hydrogens is 719 g/mol. The fourth-order valence-corrected chi connectivity index (χ4v) is 9.15. The van der Waals surface area contributed by atoms with Crippen molar-refractivity contribution in [3.8, 4) is 0 Å². The lowest BCUT2D eigenvalue weighted by Gasteiger charge is -2.46. The summed E-state index contributed by atoms with van der Waals surface area (Å²) in [5.41, 5.74) is 6.25. The molecule has 54 heavy (non-hydrogen) atoms. The quantitative estimate of drug-likeness (QED) is 0.0518. The van der Waals surface area contributed by atoms with Gasteiger partial charge in [0.05, 0.1) is 9.82 Å². The number of aryl methyl sites for hydroxylation is 3. The molecule has 2 heterocycles. The average Bonchev–Trinajstić information content (AvgIpc) is 3.19. The zero-order chi connectivity index (χ0) is 37.5. The van der Waals surface area contributed by atoms with E-state index in [0.717, 1.165) is 74.1 Å². The maximum Gasteiger partial charge on any atom is 0.293 e. The molecule has 0 spiro atoms. The van der Waals surface area contributed by atoms with E-state index in [1.807, 2.05) is 36.4 Å². The number of piperazine rings is 1.